The minimum Gasteiger partial charge on any atom is -0.383 e. The first-order valence-corrected chi connectivity index (χ1v) is 7.28. The molecule has 0 atom stereocenters. The zero-order chi connectivity index (χ0) is 15.6. The van der Waals surface area contributed by atoms with Gasteiger partial charge >= 0.3 is 0 Å². The van der Waals surface area contributed by atoms with Crippen LogP contribution in [0.3, 0.4) is 0 Å². The Balaban J connectivity index is 2.38. The molecule has 0 aliphatic heterocycles. The maximum Gasteiger partial charge on any atom is 0.269 e. The van der Waals surface area contributed by atoms with Gasteiger partial charge < -0.3 is 5.73 Å². The third-order valence-electron chi connectivity index (χ3n) is 2.75. The number of sulfonamides is 1. The Kier molecular flexibility index (Phi) is 3.76. The van der Waals surface area contributed by atoms with Gasteiger partial charge in [-0.15, -0.1) is 0 Å². The van der Waals surface area contributed by atoms with Gasteiger partial charge in [-0.05, 0) is 30.7 Å². The number of rotatable bonds is 4. The van der Waals surface area contributed by atoms with Crippen LogP contribution in [0.2, 0.25) is 0 Å². The van der Waals surface area contributed by atoms with Gasteiger partial charge in [0.1, 0.15) is 10.7 Å². The summed E-state index contributed by atoms with van der Waals surface area (Å²) in [6.07, 6.45) is 1.38. The predicted octanol–water partition coefficient (Wildman–Crippen LogP) is 1.68. The van der Waals surface area contributed by atoms with Crippen LogP contribution < -0.4 is 10.5 Å². The second kappa shape index (κ2) is 5.37. The molecule has 0 bridgehead atoms. The molecule has 0 fully saturated rings. The Morgan fingerprint density at radius 3 is 2.62 bits per heavy atom. The van der Waals surface area contributed by atoms with E-state index in [1.54, 1.807) is 6.92 Å². The minimum atomic E-state index is -3.91. The van der Waals surface area contributed by atoms with Crippen LogP contribution in [-0.2, 0) is 10.0 Å². The molecule has 1 heterocycles. The Morgan fingerprint density at radius 2 is 2.05 bits per heavy atom. The molecule has 21 heavy (non-hydrogen) atoms. The Hall–Kier alpha value is -2.68. The number of nitrogens with one attached hydrogen (secondary N) is 1. The molecule has 0 radical (unpaired) electrons. The van der Waals surface area contributed by atoms with Crippen molar-refractivity contribution >= 4 is 27.2 Å². The molecule has 3 N–H and O–H groups in total. The van der Waals surface area contributed by atoms with E-state index in [-0.39, 0.29) is 22.1 Å². The Bertz CT molecular complexity index is 805. The molecule has 0 spiro atoms. The van der Waals surface area contributed by atoms with E-state index in [0.29, 0.717) is 5.56 Å². The molecule has 0 saturated heterocycles. The van der Waals surface area contributed by atoms with Crippen molar-refractivity contribution in [2.75, 3.05) is 10.5 Å². The van der Waals surface area contributed by atoms with Gasteiger partial charge in [-0.2, -0.15) is 0 Å². The van der Waals surface area contributed by atoms with Crippen molar-refractivity contribution in [1.29, 1.82) is 0 Å². The van der Waals surface area contributed by atoms with Gasteiger partial charge in [0.05, 0.1) is 10.6 Å². The van der Waals surface area contributed by atoms with E-state index in [1.165, 1.54) is 36.5 Å². The lowest BCUT2D eigenvalue weighted by Gasteiger charge is -2.11. The number of nitrogen functional groups attached to an aromatic ring is 1. The number of benzene rings is 1. The van der Waals surface area contributed by atoms with E-state index >= 15 is 0 Å². The van der Waals surface area contributed by atoms with Crippen molar-refractivity contribution in [3.05, 3.63) is 52.2 Å². The molecule has 0 amide bonds. The summed E-state index contributed by atoms with van der Waals surface area (Å²) in [4.78, 5) is 13.7. The van der Waals surface area contributed by atoms with Gasteiger partial charge in [0.15, 0.2) is 0 Å². The first kappa shape index (κ1) is 14.7. The number of nitrogens with zero attached hydrogens (tertiary/aromatic N) is 2. The fourth-order valence-corrected chi connectivity index (χ4v) is 2.92. The molecule has 0 saturated carbocycles. The number of aryl methyl sites for hydroxylation is 1. The highest BCUT2D eigenvalue weighted by atomic mass is 32.2. The van der Waals surface area contributed by atoms with E-state index in [2.05, 4.69) is 9.71 Å². The number of hydrogen-bond donors (Lipinski definition) is 2. The van der Waals surface area contributed by atoms with Crippen LogP contribution in [0.1, 0.15) is 5.56 Å². The largest absolute Gasteiger partial charge is 0.383 e. The lowest BCUT2D eigenvalue weighted by Crippen LogP contribution is -2.16. The SMILES string of the molecule is Cc1cc([N+](=O)[O-])ccc1NS(=O)(=O)c1cccnc1N. The molecule has 8 nitrogen and oxygen atoms in total. The maximum absolute atomic E-state index is 12.2. The molecule has 0 unspecified atom stereocenters. The molecular formula is C12H12N4O4S. The summed E-state index contributed by atoms with van der Waals surface area (Å²) in [5.74, 6) is -0.121. The predicted molar refractivity (Wildman–Crippen MR) is 77.3 cm³/mol. The quantitative estimate of drug-likeness (QED) is 0.653. The van der Waals surface area contributed by atoms with Crippen molar-refractivity contribution in [2.45, 2.75) is 11.8 Å². The molecule has 0 aliphatic rings. The second-order valence-corrected chi connectivity index (χ2v) is 5.90. The van der Waals surface area contributed by atoms with Gasteiger partial charge in [-0.25, -0.2) is 13.4 Å². The molecule has 1 aromatic carbocycles. The number of hydrogen-bond acceptors (Lipinski definition) is 6. The lowest BCUT2D eigenvalue weighted by molar-refractivity contribution is -0.384. The average Bonchev–Trinajstić information content (AvgIpc) is 2.41. The van der Waals surface area contributed by atoms with E-state index in [4.69, 9.17) is 5.73 Å². The number of nitro groups is 1. The summed E-state index contributed by atoms with van der Waals surface area (Å²) in [5.41, 5.74) is 6.09. The van der Waals surface area contributed by atoms with Crippen molar-refractivity contribution in [3.63, 3.8) is 0 Å². The summed E-state index contributed by atoms with van der Waals surface area (Å²) >= 11 is 0. The monoisotopic (exact) mass is 308 g/mol. The van der Waals surface area contributed by atoms with Gasteiger partial charge in [-0.3, -0.25) is 14.8 Å². The highest BCUT2D eigenvalue weighted by molar-refractivity contribution is 7.92. The first-order valence-electron chi connectivity index (χ1n) is 5.79. The number of anilines is 2. The first-order chi connectivity index (χ1) is 9.81. The number of non-ortho nitro benzene ring substituents is 1. The standard InChI is InChI=1S/C12H12N4O4S/c1-8-7-9(16(17)18)4-5-10(8)15-21(19,20)11-3-2-6-14-12(11)13/h2-7,15H,1H3,(H2,13,14). The third kappa shape index (κ3) is 3.08. The Labute approximate surface area is 120 Å². The fraction of sp³-hybridized carbons (Fsp3) is 0.0833. The third-order valence-corrected chi connectivity index (χ3v) is 4.17. The summed E-state index contributed by atoms with van der Waals surface area (Å²) < 4.78 is 26.8. The second-order valence-electron chi connectivity index (χ2n) is 4.25. The fourth-order valence-electron chi connectivity index (χ4n) is 1.71. The number of aromatic nitrogens is 1. The number of pyridine rings is 1. The smallest absolute Gasteiger partial charge is 0.269 e. The van der Waals surface area contributed by atoms with Crippen LogP contribution in [0.15, 0.2) is 41.4 Å². The van der Waals surface area contributed by atoms with Crippen LogP contribution in [0.5, 0.6) is 0 Å². The molecular weight excluding hydrogens is 296 g/mol. The van der Waals surface area contributed by atoms with Gasteiger partial charge in [0.25, 0.3) is 15.7 Å². The van der Waals surface area contributed by atoms with Crippen LogP contribution >= 0.6 is 0 Å². The summed E-state index contributed by atoms with van der Waals surface area (Å²) in [5, 5.41) is 10.7. The van der Waals surface area contributed by atoms with Crippen LogP contribution in [0, 0.1) is 17.0 Å². The van der Waals surface area contributed by atoms with E-state index < -0.39 is 14.9 Å². The van der Waals surface area contributed by atoms with Gasteiger partial charge in [-0.1, -0.05) is 0 Å². The average molecular weight is 308 g/mol. The van der Waals surface area contributed by atoms with E-state index in [0.717, 1.165) is 0 Å². The van der Waals surface area contributed by atoms with Crippen molar-refractivity contribution in [1.82, 2.24) is 4.98 Å². The molecule has 9 heteroatoms. The normalized spacial score (nSPS) is 11.1. The zero-order valence-corrected chi connectivity index (χ0v) is 11.8. The molecule has 2 aromatic rings. The maximum atomic E-state index is 12.2. The molecule has 110 valence electrons. The zero-order valence-electron chi connectivity index (χ0n) is 11.0. The van der Waals surface area contributed by atoms with Gasteiger partial charge in [0.2, 0.25) is 0 Å². The minimum absolute atomic E-state index is 0.115. The topological polar surface area (TPSA) is 128 Å². The number of nitro benzene ring substituents is 1. The summed E-state index contributed by atoms with van der Waals surface area (Å²) in [6.45, 7) is 1.57. The Morgan fingerprint density at radius 1 is 1.33 bits per heavy atom. The summed E-state index contributed by atoms with van der Waals surface area (Å²) in [7, 11) is -3.91. The number of nitrogens with two attached hydrogens (primary N) is 1. The van der Waals surface area contributed by atoms with Gasteiger partial charge in [0, 0.05) is 18.3 Å². The summed E-state index contributed by atoms with van der Waals surface area (Å²) in [6, 6.07) is 6.61. The van der Waals surface area contributed by atoms with Crippen molar-refractivity contribution in [2.24, 2.45) is 0 Å². The van der Waals surface area contributed by atoms with Crippen LogP contribution in [-0.4, -0.2) is 18.3 Å². The lowest BCUT2D eigenvalue weighted by atomic mass is 10.2. The van der Waals surface area contributed by atoms with E-state index in [1.807, 2.05) is 0 Å². The van der Waals surface area contributed by atoms with Crippen molar-refractivity contribution < 1.29 is 13.3 Å². The molecule has 0 aliphatic carbocycles. The molecule has 1 aromatic heterocycles. The van der Waals surface area contributed by atoms with Crippen LogP contribution in [0.25, 0.3) is 0 Å². The van der Waals surface area contributed by atoms with E-state index in [9.17, 15) is 18.5 Å². The highest BCUT2D eigenvalue weighted by Gasteiger charge is 2.19. The van der Waals surface area contributed by atoms with Crippen molar-refractivity contribution in [3.8, 4) is 0 Å². The highest BCUT2D eigenvalue weighted by Crippen LogP contribution is 2.25. The van der Waals surface area contributed by atoms with Crippen LogP contribution in [0.4, 0.5) is 17.2 Å². The molecule has 2 rings (SSSR count).